The van der Waals surface area contributed by atoms with E-state index >= 15 is 0 Å². The first-order valence-electron chi connectivity index (χ1n) is 10.8. The standard InChI is InChI=1S/C25H27N3O2/c1-15(2)23(28-14-16-8-3-4-9-17(16)25(28)30)24(29)27-21-13-7-11-19-18-10-5-6-12-20(18)26-22(19)21/h3-6,8-10,12,15,21,23,26H,7,11,13-14H2,1-2H3,(H,27,29). The number of rotatable bonds is 4. The second kappa shape index (κ2) is 7.31. The maximum Gasteiger partial charge on any atom is 0.255 e. The van der Waals surface area contributed by atoms with E-state index in [1.807, 2.05) is 44.2 Å². The van der Waals surface area contributed by atoms with Gasteiger partial charge >= 0.3 is 0 Å². The van der Waals surface area contributed by atoms with Gasteiger partial charge in [-0.2, -0.15) is 0 Å². The average molecular weight is 402 g/mol. The van der Waals surface area contributed by atoms with Crippen LogP contribution in [0.4, 0.5) is 0 Å². The fraction of sp³-hybridized carbons (Fsp3) is 0.360. The van der Waals surface area contributed by atoms with E-state index in [-0.39, 0.29) is 23.8 Å². The molecule has 30 heavy (non-hydrogen) atoms. The van der Waals surface area contributed by atoms with Gasteiger partial charge in [-0.25, -0.2) is 0 Å². The van der Waals surface area contributed by atoms with Gasteiger partial charge in [-0.1, -0.05) is 50.2 Å². The average Bonchev–Trinajstić information content (AvgIpc) is 3.27. The molecule has 1 aromatic heterocycles. The Morgan fingerprint density at radius 2 is 1.90 bits per heavy atom. The van der Waals surface area contributed by atoms with E-state index in [1.54, 1.807) is 4.90 Å². The lowest BCUT2D eigenvalue weighted by molar-refractivity contribution is -0.128. The lowest BCUT2D eigenvalue weighted by Gasteiger charge is -2.32. The largest absolute Gasteiger partial charge is 0.356 e. The number of hydrogen-bond acceptors (Lipinski definition) is 2. The maximum atomic E-state index is 13.4. The molecule has 2 N–H and O–H groups in total. The maximum absolute atomic E-state index is 13.4. The molecule has 5 rings (SSSR count). The second-order valence-electron chi connectivity index (χ2n) is 8.80. The first-order valence-corrected chi connectivity index (χ1v) is 10.8. The summed E-state index contributed by atoms with van der Waals surface area (Å²) in [6, 6.07) is 15.4. The van der Waals surface area contributed by atoms with Crippen LogP contribution >= 0.6 is 0 Å². The molecular weight excluding hydrogens is 374 g/mol. The monoisotopic (exact) mass is 401 g/mol. The SMILES string of the molecule is CC(C)C(C(=O)NC1CCCc2c1[nH]c1ccccc21)N1Cc2ccccc2C1=O. The van der Waals surface area contributed by atoms with Crippen LogP contribution in [0, 0.1) is 5.92 Å². The number of aryl methyl sites for hydroxylation is 1. The molecular formula is C25H27N3O2. The van der Waals surface area contributed by atoms with Crippen molar-refractivity contribution in [2.75, 3.05) is 0 Å². The first kappa shape index (κ1) is 18.9. The lowest BCUT2D eigenvalue weighted by atomic mass is 9.91. The molecule has 2 amide bonds. The highest BCUT2D eigenvalue weighted by atomic mass is 16.2. The molecule has 2 aromatic carbocycles. The number of benzene rings is 2. The Bertz CT molecular complexity index is 1130. The van der Waals surface area contributed by atoms with Gasteiger partial charge in [0.05, 0.1) is 6.04 Å². The molecule has 0 saturated carbocycles. The minimum Gasteiger partial charge on any atom is -0.356 e. The Morgan fingerprint density at radius 1 is 1.13 bits per heavy atom. The van der Waals surface area contributed by atoms with Crippen LogP contribution in [0.15, 0.2) is 48.5 Å². The van der Waals surface area contributed by atoms with Crippen molar-refractivity contribution in [2.45, 2.75) is 51.7 Å². The minimum atomic E-state index is -0.486. The van der Waals surface area contributed by atoms with Crippen molar-refractivity contribution in [3.8, 4) is 0 Å². The zero-order valence-corrected chi connectivity index (χ0v) is 17.4. The fourth-order valence-corrected chi connectivity index (χ4v) is 5.12. The molecule has 5 heteroatoms. The van der Waals surface area contributed by atoms with Gasteiger partial charge in [0, 0.05) is 28.7 Å². The van der Waals surface area contributed by atoms with Crippen molar-refractivity contribution in [2.24, 2.45) is 5.92 Å². The highest BCUT2D eigenvalue weighted by molar-refractivity contribution is 6.01. The molecule has 0 bridgehead atoms. The van der Waals surface area contributed by atoms with Gasteiger partial charge in [0.1, 0.15) is 6.04 Å². The Hall–Kier alpha value is -3.08. The van der Waals surface area contributed by atoms with Crippen LogP contribution in [-0.2, 0) is 17.8 Å². The number of H-pyrrole nitrogens is 1. The number of aromatic nitrogens is 1. The zero-order chi connectivity index (χ0) is 20.8. The van der Waals surface area contributed by atoms with E-state index in [0.29, 0.717) is 12.1 Å². The molecule has 0 spiro atoms. The Morgan fingerprint density at radius 3 is 2.70 bits per heavy atom. The van der Waals surface area contributed by atoms with Crippen molar-refractivity contribution in [3.63, 3.8) is 0 Å². The van der Waals surface area contributed by atoms with Gasteiger partial charge in [-0.15, -0.1) is 0 Å². The predicted molar refractivity (Wildman–Crippen MR) is 117 cm³/mol. The Kier molecular flexibility index (Phi) is 4.61. The van der Waals surface area contributed by atoms with E-state index in [0.717, 1.165) is 36.0 Å². The summed E-state index contributed by atoms with van der Waals surface area (Å²) in [6.45, 7) is 4.51. The summed E-state index contributed by atoms with van der Waals surface area (Å²) in [5.41, 5.74) is 5.26. The molecule has 2 heterocycles. The summed E-state index contributed by atoms with van der Waals surface area (Å²) < 4.78 is 0. The number of para-hydroxylation sites is 1. The fourth-order valence-electron chi connectivity index (χ4n) is 5.12. The molecule has 2 unspecified atom stereocenters. The van der Waals surface area contributed by atoms with Gasteiger partial charge in [0.2, 0.25) is 5.91 Å². The predicted octanol–water partition coefficient (Wildman–Crippen LogP) is 4.34. The van der Waals surface area contributed by atoms with Crippen LogP contribution in [0.2, 0.25) is 0 Å². The molecule has 0 saturated heterocycles. The highest BCUT2D eigenvalue weighted by Gasteiger charge is 2.39. The molecule has 2 atom stereocenters. The Labute approximate surface area is 176 Å². The van der Waals surface area contributed by atoms with Crippen molar-refractivity contribution < 1.29 is 9.59 Å². The smallest absolute Gasteiger partial charge is 0.255 e. The first-order chi connectivity index (χ1) is 14.5. The molecule has 1 aliphatic heterocycles. The van der Waals surface area contributed by atoms with Crippen molar-refractivity contribution in [3.05, 3.63) is 70.9 Å². The summed E-state index contributed by atoms with van der Waals surface area (Å²) >= 11 is 0. The zero-order valence-electron chi connectivity index (χ0n) is 17.4. The van der Waals surface area contributed by atoms with E-state index in [9.17, 15) is 9.59 Å². The number of aromatic amines is 1. The number of hydrogen-bond donors (Lipinski definition) is 2. The van der Waals surface area contributed by atoms with Gasteiger partial charge in [-0.05, 0) is 48.4 Å². The van der Waals surface area contributed by atoms with E-state index in [1.165, 1.54) is 10.9 Å². The van der Waals surface area contributed by atoms with Crippen LogP contribution in [-0.4, -0.2) is 27.7 Å². The van der Waals surface area contributed by atoms with Gasteiger partial charge in [-0.3, -0.25) is 9.59 Å². The van der Waals surface area contributed by atoms with Crippen molar-refractivity contribution >= 4 is 22.7 Å². The number of carbonyl (C=O) groups excluding carboxylic acids is 2. The van der Waals surface area contributed by atoms with Crippen LogP contribution in [0.1, 0.15) is 59.9 Å². The van der Waals surface area contributed by atoms with Crippen LogP contribution < -0.4 is 5.32 Å². The van der Waals surface area contributed by atoms with Crippen molar-refractivity contribution in [1.29, 1.82) is 0 Å². The summed E-state index contributed by atoms with van der Waals surface area (Å²) in [5, 5.41) is 4.52. The van der Waals surface area contributed by atoms with E-state index in [2.05, 4.69) is 28.5 Å². The number of fused-ring (bicyclic) bond motifs is 4. The third-order valence-corrected chi connectivity index (χ3v) is 6.52. The third-order valence-electron chi connectivity index (χ3n) is 6.52. The van der Waals surface area contributed by atoms with Gasteiger partial charge in [0.15, 0.2) is 0 Å². The molecule has 0 radical (unpaired) electrons. The number of amides is 2. The molecule has 3 aromatic rings. The van der Waals surface area contributed by atoms with Crippen LogP contribution in [0.5, 0.6) is 0 Å². The number of carbonyl (C=O) groups is 2. The molecule has 1 aliphatic carbocycles. The normalized spacial score (nSPS) is 19.1. The van der Waals surface area contributed by atoms with Crippen LogP contribution in [0.3, 0.4) is 0 Å². The summed E-state index contributed by atoms with van der Waals surface area (Å²) in [6.07, 6.45) is 2.98. The molecule has 2 aliphatic rings. The lowest BCUT2D eigenvalue weighted by Crippen LogP contribution is -2.51. The van der Waals surface area contributed by atoms with E-state index < -0.39 is 6.04 Å². The quantitative estimate of drug-likeness (QED) is 0.683. The van der Waals surface area contributed by atoms with Crippen molar-refractivity contribution in [1.82, 2.24) is 15.2 Å². The highest BCUT2D eigenvalue weighted by Crippen LogP contribution is 2.35. The third kappa shape index (κ3) is 3.00. The van der Waals surface area contributed by atoms with Crippen LogP contribution in [0.25, 0.3) is 10.9 Å². The van der Waals surface area contributed by atoms with E-state index in [4.69, 9.17) is 0 Å². The minimum absolute atomic E-state index is 0.0223. The summed E-state index contributed by atoms with van der Waals surface area (Å²) in [7, 11) is 0. The topological polar surface area (TPSA) is 65.2 Å². The second-order valence-corrected chi connectivity index (χ2v) is 8.80. The number of nitrogens with zero attached hydrogens (tertiary/aromatic N) is 1. The molecule has 154 valence electrons. The van der Waals surface area contributed by atoms with Gasteiger partial charge in [0.25, 0.3) is 5.91 Å². The Balaban J connectivity index is 1.41. The molecule has 5 nitrogen and oxygen atoms in total. The summed E-state index contributed by atoms with van der Waals surface area (Å²) in [4.78, 5) is 31.7. The van der Waals surface area contributed by atoms with Gasteiger partial charge < -0.3 is 15.2 Å². The molecule has 0 fully saturated rings. The number of nitrogens with one attached hydrogen (secondary N) is 2. The summed E-state index contributed by atoms with van der Waals surface area (Å²) in [5.74, 6) is -0.0916.